The molecule has 6 heteroatoms. The first-order valence-electron chi connectivity index (χ1n) is 7.93. The van der Waals surface area contributed by atoms with Crippen LogP contribution in [0.1, 0.15) is 47.1 Å². The highest BCUT2D eigenvalue weighted by atomic mass is 32.1. The minimum Gasteiger partial charge on any atom is -0.481 e. The molecule has 0 bridgehead atoms. The molecule has 1 aromatic carbocycles. The molecule has 1 aromatic heterocycles. The number of carbonyl (C=O) groups is 2. The van der Waals surface area contributed by atoms with Gasteiger partial charge in [0.05, 0.1) is 23.2 Å². The lowest BCUT2D eigenvalue weighted by molar-refractivity contribution is -0.137. The van der Waals surface area contributed by atoms with E-state index in [1.54, 1.807) is 11.3 Å². The summed E-state index contributed by atoms with van der Waals surface area (Å²) < 4.78 is 0. The summed E-state index contributed by atoms with van der Waals surface area (Å²) in [7, 11) is 0. The van der Waals surface area contributed by atoms with Gasteiger partial charge in [-0.1, -0.05) is 24.3 Å². The van der Waals surface area contributed by atoms with Gasteiger partial charge in [-0.15, -0.1) is 11.3 Å². The largest absolute Gasteiger partial charge is 0.481 e. The Hall–Kier alpha value is -2.21. The molecule has 24 heavy (non-hydrogen) atoms. The SMILES string of the molecule is Cc1nc(CCCC(=O)NC(CC(=O)O)c2ccccc2C)cs1. The number of aryl methyl sites for hydroxylation is 3. The maximum Gasteiger partial charge on any atom is 0.305 e. The van der Waals surface area contributed by atoms with Crippen molar-refractivity contribution in [2.75, 3.05) is 0 Å². The van der Waals surface area contributed by atoms with Gasteiger partial charge >= 0.3 is 5.97 Å². The van der Waals surface area contributed by atoms with E-state index in [0.29, 0.717) is 12.8 Å². The van der Waals surface area contributed by atoms with E-state index in [4.69, 9.17) is 5.11 Å². The minimum atomic E-state index is -0.929. The second kappa shape index (κ2) is 8.59. The third-order valence-corrected chi connectivity index (χ3v) is 4.60. The number of nitrogens with one attached hydrogen (secondary N) is 1. The first kappa shape index (κ1) is 18.1. The molecule has 0 saturated carbocycles. The van der Waals surface area contributed by atoms with Crippen molar-refractivity contribution in [3.8, 4) is 0 Å². The van der Waals surface area contributed by atoms with E-state index in [1.807, 2.05) is 43.5 Å². The maximum absolute atomic E-state index is 12.2. The van der Waals surface area contributed by atoms with E-state index in [2.05, 4.69) is 10.3 Å². The lowest BCUT2D eigenvalue weighted by Gasteiger charge is -2.19. The van der Waals surface area contributed by atoms with Crippen LogP contribution in [0.25, 0.3) is 0 Å². The quantitative estimate of drug-likeness (QED) is 0.767. The molecular weight excluding hydrogens is 324 g/mol. The maximum atomic E-state index is 12.2. The van der Waals surface area contributed by atoms with Crippen LogP contribution >= 0.6 is 11.3 Å². The van der Waals surface area contributed by atoms with E-state index in [-0.39, 0.29) is 12.3 Å². The van der Waals surface area contributed by atoms with E-state index in [9.17, 15) is 9.59 Å². The number of nitrogens with zero attached hydrogens (tertiary/aromatic N) is 1. The Bertz CT molecular complexity index is 712. The van der Waals surface area contributed by atoms with Crippen LogP contribution in [-0.4, -0.2) is 22.0 Å². The van der Waals surface area contributed by atoms with Crippen LogP contribution in [0.4, 0.5) is 0 Å². The molecule has 0 spiro atoms. The Labute approximate surface area is 145 Å². The number of aromatic nitrogens is 1. The third-order valence-electron chi connectivity index (χ3n) is 3.78. The predicted molar refractivity (Wildman–Crippen MR) is 94.1 cm³/mol. The van der Waals surface area contributed by atoms with E-state index in [1.165, 1.54) is 0 Å². The number of rotatable bonds is 8. The Balaban J connectivity index is 1.92. The third kappa shape index (κ3) is 5.45. The fourth-order valence-corrected chi connectivity index (χ4v) is 3.26. The molecule has 0 fully saturated rings. The molecule has 2 N–H and O–H groups in total. The lowest BCUT2D eigenvalue weighted by Crippen LogP contribution is -2.30. The standard InChI is InChI=1S/C18H22N2O3S/c1-12-6-3-4-8-15(12)16(10-18(22)23)20-17(21)9-5-7-14-11-24-13(2)19-14/h3-4,6,8,11,16H,5,7,9-10H2,1-2H3,(H,20,21)(H,22,23). The van der Waals surface area contributed by atoms with Gasteiger partial charge in [0.15, 0.2) is 0 Å². The van der Waals surface area contributed by atoms with Crippen LogP contribution < -0.4 is 5.32 Å². The highest BCUT2D eigenvalue weighted by Gasteiger charge is 2.19. The van der Waals surface area contributed by atoms with Gasteiger partial charge in [0.1, 0.15) is 0 Å². The highest BCUT2D eigenvalue weighted by molar-refractivity contribution is 7.09. The normalized spacial score (nSPS) is 11.9. The molecule has 1 atom stereocenters. The predicted octanol–water partition coefficient (Wildman–Crippen LogP) is 3.41. The number of carboxylic acids is 1. The highest BCUT2D eigenvalue weighted by Crippen LogP contribution is 2.21. The van der Waals surface area contributed by atoms with Crippen LogP contribution in [0.2, 0.25) is 0 Å². The molecular formula is C18H22N2O3S. The molecule has 0 saturated heterocycles. The number of thiazole rings is 1. The second-order valence-electron chi connectivity index (χ2n) is 5.79. The zero-order valence-corrected chi connectivity index (χ0v) is 14.7. The summed E-state index contributed by atoms with van der Waals surface area (Å²) in [6, 6.07) is 7.03. The van der Waals surface area contributed by atoms with Crippen molar-refractivity contribution in [1.29, 1.82) is 0 Å². The Kier molecular flexibility index (Phi) is 6.49. The zero-order chi connectivity index (χ0) is 17.5. The Morgan fingerprint density at radius 2 is 2.04 bits per heavy atom. The first-order valence-corrected chi connectivity index (χ1v) is 8.81. The summed E-state index contributed by atoms with van der Waals surface area (Å²) in [4.78, 5) is 27.7. The molecule has 1 amide bonds. The van der Waals surface area contributed by atoms with Crippen molar-refractivity contribution in [2.45, 2.75) is 45.6 Å². The smallest absolute Gasteiger partial charge is 0.305 e. The van der Waals surface area contributed by atoms with Gasteiger partial charge in [-0.25, -0.2) is 4.98 Å². The van der Waals surface area contributed by atoms with E-state index in [0.717, 1.165) is 28.2 Å². The average Bonchev–Trinajstić information content (AvgIpc) is 2.92. The second-order valence-corrected chi connectivity index (χ2v) is 6.85. The topological polar surface area (TPSA) is 79.3 Å². The number of amides is 1. The van der Waals surface area contributed by atoms with Crippen LogP contribution in [0.15, 0.2) is 29.6 Å². The molecule has 5 nitrogen and oxygen atoms in total. The molecule has 0 aliphatic heterocycles. The van der Waals surface area contributed by atoms with E-state index >= 15 is 0 Å². The summed E-state index contributed by atoms with van der Waals surface area (Å²) in [5.74, 6) is -1.06. The number of carbonyl (C=O) groups excluding carboxylic acids is 1. The van der Waals surface area contributed by atoms with Gasteiger partial charge in [0, 0.05) is 11.8 Å². The summed E-state index contributed by atoms with van der Waals surface area (Å²) in [5, 5.41) is 15.0. The molecule has 2 aromatic rings. The fourth-order valence-electron chi connectivity index (χ4n) is 2.61. The Morgan fingerprint density at radius 1 is 1.29 bits per heavy atom. The van der Waals surface area contributed by atoms with Gasteiger partial charge in [-0.2, -0.15) is 0 Å². The van der Waals surface area contributed by atoms with Crippen molar-refractivity contribution in [2.24, 2.45) is 0 Å². The summed E-state index contributed by atoms with van der Waals surface area (Å²) in [6.07, 6.45) is 1.69. The number of hydrogen-bond donors (Lipinski definition) is 2. The molecule has 0 aliphatic carbocycles. The van der Waals surface area contributed by atoms with Crippen molar-refractivity contribution in [3.05, 3.63) is 51.5 Å². The molecule has 2 rings (SSSR count). The average molecular weight is 346 g/mol. The monoisotopic (exact) mass is 346 g/mol. The molecule has 1 unspecified atom stereocenters. The van der Waals surface area contributed by atoms with Crippen LogP contribution in [0.5, 0.6) is 0 Å². The lowest BCUT2D eigenvalue weighted by atomic mass is 9.98. The van der Waals surface area contributed by atoms with Crippen molar-refractivity contribution < 1.29 is 14.7 Å². The number of benzene rings is 1. The summed E-state index contributed by atoms with van der Waals surface area (Å²) >= 11 is 1.60. The van der Waals surface area contributed by atoms with Crippen molar-refractivity contribution in [3.63, 3.8) is 0 Å². The Morgan fingerprint density at radius 3 is 2.67 bits per heavy atom. The van der Waals surface area contributed by atoms with Crippen LogP contribution in [-0.2, 0) is 16.0 Å². The van der Waals surface area contributed by atoms with Gasteiger partial charge in [-0.05, 0) is 37.8 Å². The van der Waals surface area contributed by atoms with Gasteiger partial charge in [-0.3, -0.25) is 9.59 Å². The molecule has 128 valence electrons. The van der Waals surface area contributed by atoms with Crippen LogP contribution in [0.3, 0.4) is 0 Å². The fraction of sp³-hybridized carbons (Fsp3) is 0.389. The zero-order valence-electron chi connectivity index (χ0n) is 13.9. The van der Waals surface area contributed by atoms with Crippen molar-refractivity contribution in [1.82, 2.24) is 10.3 Å². The van der Waals surface area contributed by atoms with E-state index < -0.39 is 12.0 Å². The number of carboxylic acid groups (broad SMARTS) is 1. The molecule has 1 heterocycles. The molecule has 0 aliphatic rings. The van der Waals surface area contributed by atoms with Gasteiger partial charge in [0.25, 0.3) is 0 Å². The number of hydrogen-bond acceptors (Lipinski definition) is 4. The number of aliphatic carboxylic acids is 1. The minimum absolute atomic E-state index is 0.123. The van der Waals surface area contributed by atoms with Crippen LogP contribution in [0, 0.1) is 13.8 Å². The summed E-state index contributed by atoms with van der Waals surface area (Å²) in [6.45, 7) is 3.88. The molecule has 0 radical (unpaired) electrons. The van der Waals surface area contributed by atoms with Crippen molar-refractivity contribution >= 4 is 23.2 Å². The summed E-state index contributed by atoms with van der Waals surface area (Å²) in [5.41, 5.74) is 2.83. The van der Waals surface area contributed by atoms with Gasteiger partial charge < -0.3 is 10.4 Å². The first-order chi connectivity index (χ1) is 11.5. The van der Waals surface area contributed by atoms with Gasteiger partial charge in [0.2, 0.25) is 5.91 Å².